The smallest absolute Gasteiger partial charge is 0.339 e. The van der Waals surface area contributed by atoms with E-state index in [4.69, 9.17) is 4.74 Å². The SMILES string of the molecule is COC(=O)c1cccc(C)c1NC(=O)c1cc(C)n(C(C)(C)C)n1. The number of rotatable bonds is 3. The van der Waals surface area contributed by atoms with Gasteiger partial charge in [-0.15, -0.1) is 0 Å². The average molecular weight is 329 g/mol. The fourth-order valence-electron chi connectivity index (χ4n) is 2.56. The molecule has 1 N–H and O–H groups in total. The number of nitrogens with one attached hydrogen (secondary N) is 1. The second kappa shape index (κ2) is 6.47. The third-order valence-corrected chi connectivity index (χ3v) is 3.67. The van der Waals surface area contributed by atoms with Crippen molar-refractivity contribution in [1.82, 2.24) is 9.78 Å². The van der Waals surface area contributed by atoms with Crippen LogP contribution in [0.2, 0.25) is 0 Å². The van der Waals surface area contributed by atoms with Gasteiger partial charge < -0.3 is 10.1 Å². The number of carbonyl (C=O) groups excluding carboxylic acids is 2. The van der Waals surface area contributed by atoms with Gasteiger partial charge >= 0.3 is 5.97 Å². The lowest BCUT2D eigenvalue weighted by molar-refractivity contribution is 0.0602. The van der Waals surface area contributed by atoms with Gasteiger partial charge in [0.25, 0.3) is 5.91 Å². The summed E-state index contributed by atoms with van der Waals surface area (Å²) in [5, 5.41) is 7.18. The number of hydrogen-bond donors (Lipinski definition) is 1. The summed E-state index contributed by atoms with van der Waals surface area (Å²) in [7, 11) is 1.31. The van der Waals surface area contributed by atoms with Crippen molar-refractivity contribution >= 4 is 17.6 Å². The molecule has 0 aliphatic heterocycles. The highest BCUT2D eigenvalue weighted by Gasteiger charge is 2.22. The molecule has 2 rings (SSSR count). The van der Waals surface area contributed by atoms with E-state index in [9.17, 15) is 9.59 Å². The monoisotopic (exact) mass is 329 g/mol. The van der Waals surface area contributed by atoms with Crippen LogP contribution in [0, 0.1) is 13.8 Å². The van der Waals surface area contributed by atoms with Gasteiger partial charge in [-0.05, 0) is 52.3 Å². The van der Waals surface area contributed by atoms with Crippen molar-refractivity contribution in [3.8, 4) is 0 Å². The fraction of sp³-hybridized carbons (Fsp3) is 0.389. The minimum atomic E-state index is -0.495. The highest BCUT2D eigenvalue weighted by molar-refractivity contribution is 6.07. The van der Waals surface area contributed by atoms with E-state index in [2.05, 4.69) is 10.4 Å². The van der Waals surface area contributed by atoms with Crippen molar-refractivity contribution in [2.75, 3.05) is 12.4 Å². The Morgan fingerprint density at radius 3 is 2.42 bits per heavy atom. The lowest BCUT2D eigenvalue weighted by atomic mass is 10.1. The zero-order valence-electron chi connectivity index (χ0n) is 14.9. The molecule has 0 saturated heterocycles. The van der Waals surface area contributed by atoms with Crippen LogP contribution in [0.1, 0.15) is 52.9 Å². The average Bonchev–Trinajstić information content (AvgIpc) is 2.90. The Bertz CT molecular complexity index is 785. The second-order valence-electron chi connectivity index (χ2n) is 6.70. The molecule has 6 heteroatoms. The molecule has 1 aromatic heterocycles. The molecule has 24 heavy (non-hydrogen) atoms. The summed E-state index contributed by atoms with van der Waals surface area (Å²) >= 11 is 0. The Labute approximate surface area is 141 Å². The summed E-state index contributed by atoms with van der Waals surface area (Å²) in [6.45, 7) is 9.78. The van der Waals surface area contributed by atoms with E-state index in [0.717, 1.165) is 11.3 Å². The van der Waals surface area contributed by atoms with Crippen molar-refractivity contribution in [2.45, 2.75) is 40.2 Å². The van der Waals surface area contributed by atoms with Crippen LogP contribution < -0.4 is 5.32 Å². The Morgan fingerprint density at radius 2 is 1.88 bits per heavy atom. The van der Waals surface area contributed by atoms with Crippen LogP contribution >= 0.6 is 0 Å². The summed E-state index contributed by atoms with van der Waals surface area (Å²) in [5.41, 5.74) is 2.52. The van der Waals surface area contributed by atoms with E-state index >= 15 is 0 Å². The Morgan fingerprint density at radius 1 is 1.21 bits per heavy atom. The minimum Gasteiger partial charge on any atom is -0.465 e. The van der Waals surface area contributed by atoms with Crippen LogP contribution in [0.3, 0.4) is 0 Å². The molecule has 0 aliphatic carbocycles. The Balaban J connectivity index is 2.36. The van der Waals surface area contributed by atoms with Crippen LogP contribution in [0.15, 0.2) is 24.3 Å². The first kappa shape index (κ1) is 17.7. The van der Waals surface area contributed by atoms with Gasteiger partial charge in [-0.1, -0.05) is 12.1 Å². The highest BCUT2D eigenvalue weighted by Crippen LogP contribution is 2.23. The second-order valence-corrected chi connectivity index (χ2v) is 6.70. The van der Waals surface area contributed by atoms with Crippen molar-refractivity contribution in [2.24, 2.45) is 0 Å². The topological polar surface area (TPSA) is 73.2 Å². The van der Waals surface area contributed by atoms with Crippen LogP contribution in [-0.4, -0.2) is 28.8 Å². The molecule has 1 amide bonds. The molecule has 0 unspecified atom stereocenters. The van der Waals surface area contributed by atoms with E-state index < -0.39 is 5.97 Å². The van der Waals surface area contributed by atoms with Gasteiger partial charge in [-0.25, -0.2) is 4.79 Å². The Kier molecular flexibility index (Phi) is 4.78. The molecule has 6 nitrogen and oxygen atoms in total. The predicted octanol–water partition coefficient (Wildman–Crippen LogP) is 3.29. The molecular formula is C18H23N3O3. The first-order valence-corrected chi connectivity index (χ1v) is 7.71. The molecule has 128 valence electrons. The van der Waals surface area contributed by atoms with Gasteiger partial charge in [0.1, 0.15) is 0 Å². The van der Waals surface area contributed by atoms with E-state index in [1.807, 2.05) is 40.7 Å². The molecule has 0 atom stereocenters. The molecule has 0 fully saturated rings. The predicted molar refractivity (Wildman–Crippen MR) is 92.4 cm³/mol. The molecule has 0 bridgehead atoms. The zero-order chi connectivity index (χ0) is 18.1. The quantitative estimate of drug-likeness (QED) is 0.877. The summed E-state index contributed by atoms with van der Waals surface area (Å²) < 4.78 is 6.58. The van der Waals surface area contributed by atoms with Crippen LogP contribution in [0.4, 0.5) is 5.69 Å². The number of ether oxygens (including phenoxy) is 1. The minimum absolute atomic E-state index is 0.220. The number of nitrogens with zero attached hydrogens (tertiary/aromatic N) is 2. The lowest BCUT2D eigenvalue weighted by Crippen LogP contribution is -2.25. The largest absolute Gasteiger partial charge is 0.465 e. The number of esters is 1. The number of benzene rings is 1. The summed E-state index contributed by atoms with van der Waals surface area (Å²) in [5.74, 6) is -0.856. The summed E-state index contributed by atoms with van der Waals surface area (Å²) in [4.78, 5) is 24.5. The van der Waals surface area contributed by atoms with Crippen LogP contribution in [-0.2, 0) is 10.3 Å². The van der Waals surface area contributed by atoms with Crippen molar-refractivity contribution < 1.29 is 14.3 Å². The summed E-state index contributed by atoms with van der Waals surface area (Å²) in [6, 6.07) is 6.92. The number of hydrogen-bond acceptors (Lipinski definition) is 4. The standard InChI is InChI=1S/C18H23N3O3/c1-11-8-7-9-13(17(23)24-6)15(11)19-16(22)14-10-12(2)21(20-14)18(3,4)5/h7-10H,1-6H3,(H,19,22). The van der Waals surface area contributed by atoms with Gasteiger partial charge in [0.2, 0.25) is 0 Å². The molecular weight excluding hydrogens is 306 g/mol. The highest BCUT2D eigenvalue weighted by atomic mass is 16.5. The summed E-state index contributed by atoms with van der Waals surface area (Å²) in [6.07, 6.45) is 0. The maximum Gasteiger partial charge on any atom is 0.339 e. The van der Waals surface area contributed by atoms with Gasteiger partial charge in [0.05, 0.1) is 23.9 Å². The van der Waals surface area contributed by atoms with Crippen LogP contribution in [0.5, 0.6) is 0 Å². The number of aryl methyl sites for hydroxylation is 2. The number of methoxy groups -OCH3 is 1. The van der Waals surface area contributed by atoms with E-state index in [1.165, 1.54) is 7.11 Å². The fourth-order valence-corrected chi connectivity index (χ4v) is 2.56. The van der Waals surface area contributed by atoms with Gasteiger partial charge in [-0.3, -0.25) is 9.48 Å². The molecule has 1 heterocycles. The number of amides is 1. The van der Waals surface area contributed by atoms with Crippen LogP contribution in [0.25, 0.3) is 0 Å². The zero-order valence-corrected chi connectivity index (χ0v) is 14.9. The van der Waals surface area contributed by atoms with E-state index in [0.29, 0.717) is 16.9 Å². The number of carbonyl (C=O) groups is 2. The van der Waals surface area contributed by atoms with Crippen molar-refractivity contribution in [3.63, 3.8) is 0 Å². The maximum atomic E-state index is 12.6. The Hall–Kier alpha value is -2.63. The number of aromatic nitrogens is 2. The number of para-hydroxylation sites is 1. The third kappa shape index (κ3) is 3.48. The third-order valence-electron chi connectivity index (χ3n) is 3.67. The molecule has 2 aromatic rings. The maximum absolute atomic E-state index is 12.6. The molecule has 0 spiro atoms. The molecule has 1 aromatic carbocycles. The molecule has 0 radical (unpaired) electrons. The van der Waals surface area contributed by atoms with E-state index in [-0.39, 0.29) is 11.4 Å². The molecule has 0 aliphatic rings. The van der Waals surface area contributed by atoms with E-state index in [1.54, 1.807) is 22.9 Å². The molecule has 0 saturated carbocycles. The number of anilines is 1. The van der Waals surface area contributed by atoms with Gasteiger partial charge in [0, 0.05) is 5.69 Å². The lowest BCUT2D eigenvalue weighted by Gasteiger charge is -2.21. The first-order valence-electron chi connectivity index (χ1n) is 7.71. The van der Waals surface area contributed by atoms with Gasteiger partial charge in [0.15, 0.2) is 5.69 Å². The normalized spacial score (nSPS) is 11.2. The van der Waals surface area contributed by atoms with Crippen molar-refractivity contribution in [1.29, 1.82) is 0 Å². The van der Waals surface area contributed by atoms with Gasteiger partial charge in [-0.2, -0.15) is 5.10 Å². The first-order chi connectivity index (χ1) is 11.1. The van der Waals surface area contributed by atoms with Crippen molar-refractivity contribution in [3.05, 3.63) is 46.8 Å².